The Morgan fingerprint density at radius 1 is 1.40 bits per heavy atom. The van der Waals surface area contributed by atoms with Crippen molar-refractivity contribution < 1.29 is 0 Å². The zero-order chi connectivity index (χ0) is 7.78. The van der Waals surface area contributed by atoms with Crippen molar-refractivity contribution in [1.82, 2.24) is 0 Å². The van der Waals surface area contributed by atoms with Gasteiger partial charge in [0.2, 0.25) is 0 Å². The van der Waals surface area contributed by atoms with Crippen LogP contribution in [-0.2, 0) is 0 Å². The standard InChI is InChI=1S/C10H18/c1-5-10(4)7-6-8(2)9(10)3/h6-9H,5H2,1-4H3. The molecule has 0 heterocycles. The predicted molar refractivity (Wildman–Crippen MR) is 45.9 cm³/mol. The van der Waals surface area contributed by atoms with Gasteiger partial charge in [-0.05, 0) is 23.7 Å². The van der Waals surface area contributed by atoms with E-state index in [4.69, 9.17) is 0 Å². The highest BCUT2D eigenvalue weighted by Crippen LogP contribution is 2.42. The van der Waals surface area contributed by atoms with Crippen LogP contribution in [-0.4, -0.2) is 0 Å². The first-order valence-corrected chi connectivity index (χ1v) is 4.29. The van der Waals surface area contributed by atoms with Gasteiger partial charge in [-0.1, -0.05) is 39.8 Å². The third kappa shape index (κ3) is 1.00. The molecule has 0 aromatic carbocycles. The number of hydrogen-bond donors (Lipinski definition) is 0. The molecule has 58 valence electrons. The summed E-state index contributed by atoms with van der Waals surface area (Å²) in [5, 5.41) is 0. The Hall–Kier alpha value is -0.260. The summed E-state index contributed by atoms with van der Waals surface area (Å²) in [6.45, 7) is 9.30. The molecule has 0 bridgehead atoms. The van der Waals surface area contributed by atoms with Gasteiger partial charge in [0.25, 0.3) is 0 Å². The predicted octanol–water partition coefficient (Wildman–Crippen LogP) is 3.24. The molecule has 1 rings (SSSR count). The summed E-state index contributed by atoms with van der Waals surface area (Å²) in [5.74, 6) is 1.61. The van der Waals surface area contributed by atoms with Crippen LogP contribution in [0.3, 0.4) is 0 Å². The van der Waals surface area contributed by atoms with Crippen LogP contribution in [0.15, 0.2) is 12.2 Å². The Balaban J connectivity index is 2.74. The van der Waals surface area contributed by atoms with Gasteiger partial charge in [0.1, 0.15) is 0 Å². The molecule has 0 spiro atoms. The van der Waals surface area contributed by atoms with E-state index in [1.54, 1.807) is 0 Å². The lowest BCUT2D eigenvalue weighted by Crippen LogP contribution is -2.21. The highest BCUT2D eigenvalue weighted by molar-refractivity contribution is 5.10. The maximum Gasteiger partial charge on any atom is -0.0118 e. The molecule has 0 radical (unpaired) electrons. The van der Waals surface area contributed by atoms with Crippen molar-refractivity contribution >= 4 is 0 Å². The molecule has 0 saturated heterocycles. The van der Waals surface area contributed by atoms with Gasteiger partial charge in [-0.25, -0.2) is 0 Å². The van der Waals surface area contributed by atoms with E-state index in [0.29, 0.717) is 5.41 Å². The minimum absolute atomic E-state index is 0.486. The molecule has 0 aliphatic heterocycles. The second kappa shape index (κ2) is 2.41. The van der Waals surface area contributed by atoms with Gasteiger partial charge < -0.3 is 0 Å². The van der Waals surface area contributed by atoms with Crippen molar-refractivity contribution in [2.75, 3.05) is 0 Å². The first-order chi connectivity index (χ1) is 4.60. The molecule has 0 nitrogen and oxygen atoms in total. The first kappa shape index (κ1) is 7.84. The molecule has 10 heavy (non-hydrogen) atoms. The molecule has 3 unspecified atom stereocenters. The fraction of sp³-hybridized carbons (Fsp3) is 0.800. The Morgan fingerprint density at radius 2 is 2.00 bits per heavy atom. The highest BCUT2D eigenvalue weighted by atomic mass is 14.4. The molecule has 0 aromatic heterocycles. The Labute approximate surface area is 64.3 Å². The topological polar surface area (TPSA) is 0 Å². The number of hydrogen-bond acceptors (Lipinski definition) is 0. The molecule has 3 atom stereocenters. The van der Waals surface area contributed by atoms with Crippen LogP contribution in [0.4, 0.5) is 0 Å². The molecular weight excluding hydrogens is 120 g/mol. The zero-order valence-electron chi connectivity index (χ0n) is 7.52. The summed E-state index contributed by atoms with van der Waals surface area (Å²) < 4.78 is 0. The summed E-state index contributed by atoms with van der Waals surface area (Å²) >= 11 is 0. The van der Waals surface area contributed by atoms with Crippen LogP contribution >= 0.6 is 0 Å². The fourth-order valence-electron chi connectivity index (χ4n) is 1.73. The van der Waals surface area contributed by atoms with Crippen molar-refractivity contribution in [3.05, 3.63) is 12.2 Å². The minimum Gasteiger partial charge on any atom is -0.0848 e. The van der Waals surface area contributed by atoms with E-state index in [1.807, 2.05) is 0 Å². The second-order valence-corrected chi connectivity index (χ2v) is 3.87. The smallest absolute Gasteiger partial charge is 0.0118 e. The summed E-state index contributed by atoms with van der Waals surface area (Å²) in [7, 11) is 0. The molecule has 0 amide bonds. The van der Waals surface area contributed by atoms with Crippen molar-refractivity contribution in [1.29, 1.82) is 0 Å². The number of rotatable bonds is 1. The van der Waals surface area contributed by atoms with Crippen LogP contribution in [0.25, 0.3) is 0 Å². The van der Waals surface area contributed by atoms with E-state index in [2.05, 4.69) is 39.8 Å². The minimum atomic E-state index is 0.486. The van der Waals surface area contributed by atoms with Crippen molar-refractivity contribution in [2.45, 2.75) is 34.1 Å². The maximum absolute atomic E-state index is 2.39. The molecule has 0 N–H and O–H groups in total. The lowest BCUT2D eigenvalue weighted by molar-refractivity contribution is 0.247. The average molecular weight is 138 g/mol. The molecule has 0 fully saturated rings. The molecule has 1 aliphatic carbocycles. The largest absolute Gasteiger partial charge is 0.0848 e. The van der Waals surface area contributed by atoms with Crippen LogP contribution in [0.5, 0.6) is 0 Å². The molecular formula is C10H18. The lowest BCUT2D eigenvalue weighted by atomic mass is 9.76. The van der Waals surface area contributed by atoms with Crippen molar-refractivity contribution in [2.24, 2.45) is 17.3 Å². The molecule has 0 saturated carbocycles. The second-order valence-electron chi connectivity index (χ2n) is 3.87. The lowest BCUT2D eigenvalue weighted by Gasteiger charge is -2.28. The van der Waals surface area contributed by atoms with E-state index in [0.717, 1.165) is 11.8 Å². The van der Waals surface area contributed by atoms with Gasteiger partial charge in [-0.2, -0.15) is 0 Å². The van der Waals surface area contributed by atoms with Crippen LogP contribution in [0, 0.1) is 17.3 Å². The van der Waals surface area contributed by atoms with Gasteiger partial charge in [0.15, 0.2) is 0 Å². The van der Waals surface area contributed by atoms with Crippen LogP contribution in [0.1, 0.15) is 34.1 Å². The van der Waals surface area contributed by atoms with Crippen LogP contribution < -0.4 is 0 Å². The fourth-order valence-corrected chi connectivity index (χ4v) is 1.73. The van der Waals surface area contributed by atoms with Crippen LogP contribution in [0.2, 0.25) is 0 Å². The van der Waals surface area contributed by atoms with E-state index >= 15 is 0 Å². The third-order valence-electron chi connectivity index (χ3n) is 3.37. The van der Waals surface area contributed by atoms with Crippen molar-refractivity contribution in [3.63, 3.8) is 0 Å². The Morgan fingerprint density at radius 3 is 2.20 bits per heavy atom. The quantitative estimate of drug-likeness (QED) is 0.488. The Bertz CT molecular complexity index is 146. The van der Waals surface area contributed by atoms with E-state index < -0.39 is 0 Å². The maximum atomic E-state index is 2.39. The number of allylic oxidation sites excluding steroid dienone is 2. The normalized spacial score (nSPS) is 46.4. The summed E-state index contributed by atoms with van der Waals surface area (Å²) in [6, 6.07) is 0. The van der Waals surface area contributed by atoms with E-state index in [9.17, 15) is 0 Å². The SMILES string of the molecule is CCC1(C)C=CC(C)C1C. The third-order valence-corrected chi connectivity index (χ3v) is 3.37. The molecule has 0 aromatic rings. The first-order valence-electron chi connectivity index (χ1n) is 4.29. The monoisotopic (exact) mass is 138 g/mol. The van der Waals surface area contributed by atoms with Gasteiger partial charge in [0.05, 0.1) is 0 Å². The van der Waals surface area contributed by atoms with Gasteiger partial charge in [-0.3, -0.25) is 0 Å². The van der Waals surface area contributed by atoms with Gasteiger partial charge >= 0.3 is 0 Å². The van der Waals surface area contributed by atoms with Gasteiger partial charge in [-0.15, -0.1) is 0 Å². The zero-order valence-corrected chi connectivity index (χ0v) is 7.52. The van der Waals surface area contributed by atoms with Gasteiger partial charge in [0, 0.05) is 0 Å². The van der Waals surface area contributed by atoms with Crippen molar-refractivity contribution in [3.8, 4) is 0 Å². The molecule has 1 aliphatic rings. The van der Waals surface area contributed by atoms with E-state index in [-0.39, 0.29) is 0 Å². The highest BCUT2D eigenvalue weighted by Gasteiger charge is 2.33. The average Bonchev–Trinajstić information content (AvgIpc) is 2.19. The molecule has 0 heteroatoms. The summed E-state index contributed by atoms with van der Waals surface area (Å²) in [5.41, 5.74) is 0.486. The van der Waals surface area contributed by atoms with E-state index in [1.165, 1.54) is 6.42 Å². The summed E-state index contributed by atoms with van der Waals surface area (Å²) in [6.07, 6.45) is 6.02. The summed E-state index contributed by atoms with van der Waals surface area (Å²) in [4.78, 5) is 0. The Kier molecular flexibility index (Phi) is 1.89.